The van der Waals surface area contributed by atoms with Crippen molar-refractivity contribution in [2.75, 3.05) is 5.75 Å². The van der Waals surface area contributed by atoms with Gasteiger partial charge in [-0.05, 0) is 31.2 Å². The fraction of sp³-hybridized carbons (Fsp3) is 0.500. The summed E-state index contributed by atoms with van der Waals surface area (Å²) in [5.74, 6) is 0.684. The Balaban J connectivity index is 1.57. The van der Waals surface area contributed by atoms with E-state index in [0.29, 0.717) is 12.5 Å². The molecular weight excluding hydrogens is 358 g/mol. The highest BCUT2D eigenvalue weighted by Crippen LogP contribution is 2.39. The maximum absolute atomic E-state index is 12.2. The largest absolute Gasteiger partial charge is 0.370 e. The van der Waals surface area contributed by atoms with Crippen molar-refractivity contribution in [3.8, 4) is 0 Å². The third-order valence-corrected chi connectivity index (χ3v) is 5.92. The van der Waals surface area contributed by atoms with Gasteiger partial charge in [-0.3, -0.25) is 9.59 Å². The zero-order valence-electron chi connectivity index (χ0n) is 14.0. The Bertz CT molecular complexity index is 740. The molecule has 0 aliphatic heterocycles. The number of amides is 2. The van der Waals surface area contributed by atoms with Crippen LogP contribution in [-0.4, -0.2) is 32.3 Å². The van der Waals surface area contributed by atoms with Crippen LogP contribution >= 0.6 is 23.1 Å². The van der Waals surface area contributed by atoms with Crippen LogP contribution in [0.4, 0.5) is 0 Å². The minimum Gasteiger partial charge on any atom is -0.370 e. The van der Waals surface area contributed by atoms with Gasteiger partial charge in [0, 0.05) is 23.8 Å². The van der Waals surface area contributed by atoms with E-state index in [0.717, 1.165) is 28.7 Å². The Morgan fingerprint density at radius 2 is 2.28 bits per heavy atom. The van der Waals surface area contributed by atoms with E-state index < -0.39 is 0 Å². The summed E-state index contributed by atoms with van der Waals surface area (Å²) in [4.78, 5) is 24.3. The summed E-state index contributed by atoms with van der Waals surface area (Å²) < 4.78 is 2.06. The zero-order chi connectivity index (χ0) is 17.8. The number of thioether (sulfide) groups is 1. The highest BCUT2D eigenvalue weighted by Gasteiger charge is 2.29. The number of hydrogen-bond donors (Lipinski definition) is 2. The third kappa shape index (κ3) is 4.82. The number of nitrogens with zero attached hydrogens (tertiary/aromatic N) is 3. The molecule has 2 aromatic rings. The average Bonchev–Trinajstić information content (AvgIpc) is 3.11. The molecule has 134 valence electrons. The molecule has 2 heterocycles. The highest BCUT2D eigenvalue weighted by molar-refractivity contribution is 7.99. The summed E-state index contributed by atoms with van der Waals surface area (Å²) >= 11 is 3.01. The molecule has 1 saturated carbocycles. The summed E-state index contributed by atoms with van der Waals surface area (Å²) in [6.07, 6.45) is 2.91. The van der Waals surface area contributed by atoms with Crippen molar-refractivity contribution in [3.63, 3.8) is 0 Å². The van der Waals surface area contributed by atoms with Crippen LogP contribution in [0, 0.1) is 0 Å². The SMILES string of the molecule is CC(NC(=O)CSc1nnc(CCC(N)=O)n1C1CC1)c1cccs1. The zero-order valence-corrected chi connectivity index (χ0v) is 15.6. The molecule has 9 heteroatoms. The molecule has 0 radical (unpaired) electrons. The molecule has 25 heavy (non-hydrogen) atoms. The number of primary amides is 1. The second kappa shape index (κ2) is 8.01. The van der Waals surface area contributed by atoms with E-state index in [4.69, 9.17) is 5.73 Å². The first kappa shape index (κ1) is 17.9. The molecule has 0 spiro atoms. The fourth-order valence-electron chi connectivity index (χ4n) is 2.53. The van der Waals surface area contributed by atoms with Gasteiger partial charge in [-0.15, -0.1) is 21.5 Å². The van der Waals surface area contributed by atoms with Crippen molar-refractivity contribution in [2.24, 2.45) is 5.73 Å². The Labute approximate surface area is 154 Å². The van der Waals surface area contributed by atoms with Crippen LogP contribution in [0.1, 0.15) is 49.0 Å². The lowest BCUT2D eigenvalue weighted by Crippen LogP contribution is -2.27. The molecule has 1 atom stereocenters. The first-order valence-corrected chi connectivity index (χ1v) is 10.1. The Morgan fingerprint density at radius 1 is 1.48 bits per heavy atom. The topological polar surface area (TPSA) is 103 Å². The monoisotopic (exact) mass is 379 g/mol. The van der Waals surface area contributed by atoms with Gasteiger partial charge in [0.2, 0.25) is 11.8 Å². The van der Waals surface area contributed by atoms with Crippen LogP contribution in [0.5, 0.6) is 0 Å². The van der Waals surface area contributed by atoms with Crippen molar-refractivity contribution in [2.45, 2.75) is 49.8 Å². The van der Waals surface area contributed by atoms with Crippen LogP contribution in [0.25, 0.3) is 0 Å². The Morgan fingerprint density at radius 3 is 2.92 bits per heavy atom. The molecule has 3 N–H and O–H groups in total. The van der Waals surface area contributed by atoms with Crippen LogP contribution < -0.4 is 11.1 Å². The van der Waals surface area contributed by atoms with Crippen molar-refractivity contribution >= 4 is 34.9 Å². The minimum atomic E-state index is -0.346. The summed E-state index contributed by atoms with van der Waals surface area (Å²) in [6, 6.07) is 4.37. The molecule has 3 rings (SSSR count). The number of rotatable bonds is 9. The average molecular weight is 380 g/mol. The molecule has 0 aromatic carbocycles. The van der Waals surface area contributed by atoms with Gasteiger partial charge in [-0.2, -0.15) is 0 Å². The molecule has 0 saturated heterocycles. The van der Waals surface area contributed by atoms with Gasteiger partial charge in [0.05, 0.1) is 11.8 Å². The fourth-order valence-corrected chi connectivity index (χ4v) is 4.10. The molecule has 1 unspecified atom stereocenters. The van der Waals surface area contributed by atoms with Crippen LogP contribution in [0.2, 0.25) is 0 Å². The lowest BCUT2D eigenvalue weighted by molar-refractivity contribution is -0.119. The van der Waals surface area contributed by atoms with Crippen molar-refractivity contribution in [3.05, 3.63) is 28.2 Å². The van der Waals surface area contributed by atoms with Crippen molar-refractivity contribution in [1.82, 2.24) is 20.1 Å². The predicted molar refractivity (Wildman–Crippen MR) is 97.4 cm³/mol. The van der Waals surface area contributed by atoms with Gasteiger partial charge in [0.25, 0.3) is 0 Å². The van der Waals surface area contributed by atoms with Crippen molar-refractivity contribution < 1.29 is 9.59 Å². The first-order valence-electron chi connectivity index (χ1n) is 8.22. The maximum Gasteiger partial charge on any atom is 0.230 e. The quantitative estimate of drug-likeness (QED) is 0.649. The number of aromatic nitrogens is 3. The van der Waals surface area contributed by atoms with Gasteiger partial charge >= 0.3 is 0 Å². The number of nitrogens with one attached hydrogen (secondary N) is 1. The van der Waals surface area contributed by atoms with Gasteiger partial charge < -0.3 is 15.6 Å². The van der Waals surface area contributed by atoms with Crippen LogP contribution in [0.15, 0.2) is 22.7 Å². The lowest BCUT2D eigenvalue weighted by atomic mass is 10.3. The smallest absolute Gasteiger partial charge is 0.230 e. The number of carbonyl (C=O) groups is 2. The predicted octanol–water partition coefficient (Wildman–Crippen LogP) is 2.06. The van der Waals surface area contributed by atoms with E-state index in [2.05, 4.69) is 20.1 Å². The number of thiophene rings is 1. The number of nitrogens with two attached hydrogens (primary N) is 1. The van der Waals surface area contributed by atoms with E-state index in [1.165, 1.54) is 11.8 Å². The Kier molecular flexibility index (Phi) is 5.74. The maximum atomic E-state index is 12.2. The van der Waals surface area contributed by atoms with Crippen LogP contribution in [0.3, 0.4) is 0 Å². The molecule has 0 bridgehead atoms. The van der Waals surface area contributed by atoms with Gasteiger partial charge in [0.15, 0.2) is 5.16 Å². The van der Waals surface area contributed by atoms with Gasteiger partial charge in [-0.25, -0.2) is 0 Å². The standard InChI is InChI=1S/C16H21N5O2S2/c1-10(12-3-2-8-24-12)18-15(23)9-25-16-20-19-14(7-6-13(17)22)21(16)11-4-5-11/h2-3,8,10-11H,4-7,9H2,1H3,(H2,17,22)(H,18,23). The molecule has 2 amide bonds. The van der Waals surface area contributed by atoms with E-state index in [9.17, 15) is 9.59 Å². The summed E-state index contributed by atoms with van der Waals surface area (Å²) in [5, 5.41) is 14.1. The van der Waals surface area contributed by atoms with E-state index in [-0.39, 0.29) is 30.0 Å². The van der Waals surface area contributed by atoms with Gasteiger partial charge in [-0.1, -0.05) is 17.8 Å². The number of hydrogen-bond acceptors (Lipinski definition) is 6. The van der Waals surface area contributed by atoms with Crippen molar-refractivity contribution in [1.29, 1.82) is 0 Å². The second-order valence-electron chi connectivity index (χ2n) is 6.06. The molecule has 7 nitrogen and oxygen atoms in total. The number of aryl methyl sites for hydroxylation is 1. The molecule has 2 aromatic heterocycles. The third-order valence-electron chi connectivity index (χ3n) is 3.92. The molecule has 1 aliphatic rings. The second-order valence-corrected chi connectivity index (χ2v) is 7.98. The number of carbonyl (C=O) groups excluding carboxylic acids is 2. The lowest BCUT2D eigenvalue weighted by Gasteiger charge is -2.12. The Hall–Kier alpha value is -1.87. The first-order chi connectivity index (χ1) is 12.0. The highest BCUT2D eigenvalue weighted by atomic mass is 32.2. The van der Waals surface area contributed by atoms with Crippen LogP contribution in [-0.2, 0) is 16.0 Å². The molecule has 1 fully saturated rings. The van der Waals surface area contributed by atoms with E-state index in [1.54, 1.807) is 11.3 Å². The summed E-state index contributed by atoms with van der Waals surface area (Å²) in [5.41, 5.74) is 5.22. The van der Waals surface area contributed by atoms with Gasteiger partial charge in [0.1, 0.15) is 5.82 Å². The normalized spacial score (nSPS) is 15.1. The minimum absolute atomic E-state index is 0.000490. The van der Waals surface area contributed by atoms with E-state index >= 15 is 0 Å². The summed E-state index contributed by atoms with van der Waals surface area (Å²) in [6.45, 7) is 1.98. The molecular formula is C16H21N5O2S2. The summed E-state index contributed by atoms with van der Waals surface area (Å²) in [7, 11) is 0. The van der Waals surface area contributed by atoms with E-state index in [1.807, 2.05) is 24.4 Å². The molecule has 1 aliphatic carbocycles.